The van der Waals surface area contributed by atoms with Crippen LogP contribution in [-0.4, -0.2) is 4.98 Å². The number of benzene rings is 1. The van der Waals surface area contributed by atoms with E-state index in [9.17, 15) is 0 Å². The number of nitrogens with zero attached hydrogens (tertiary/aromatic N) is 1. The van der Waals surface area contributed by atoms with Crippen molar-refractivity contribution in [3.8, 4) is 11.1 Å². The zero-order valence-corrected chi connectivity index (χ0v) is 9.55. The Balaban J connectivity index is 2.45. The molecule has 1 heterocycles. The van der Waals surface area contributed by atoms with Gasteiger partial charge in [0, 0.05) is 11.8 Å². The lowest BCUT2D eigenvalue weighted by Crippen LogP contribution is -1.84. The fourth-order valence-corrected chi connectivity index (χ4v) is 1.58. The normalized spacial score (nSPS) is 10.3. The van der Waals surface area contributed by atoms with Gasteiger partial charge in [-0.3, -0.25) is 0 Å². The average molecular weight is 218 g/mol. The van der Waals surface area contributed by atoms with E-state index in [1.807, 2.05) is 12.1 Å². The van der Waals surface area contributed by atoms with Gasteiger partial charge in [-0.05, 0) is 42.7 Å². The monoisotopic (exact) mass is 217 g/mol. The Hall–Kier alpha value is -1.34. The van der Waals surface area contributed by atoms with Crippen molar-refractivity contribution >= 4 is 11.6 Å². The number of aromatic nitrogens is 1. The van der Waals surface area contributed by atoms with Gasteiger partial charge in [-0.25, -0.2) is 4.98 Å². The Morgan fingerprint density at radius 2 is 1.67 bits per heavy atom. The second-order valence-corrected chi connectivity index (χ2v) is 4.06. The summed E-state index contributed by atoms with van der Waals surface area (Å²) >= 11 is 5.74. The van der Waals surface area contributed by atoms with Gasteiger partial charge in [-0.1, -0.05) is 29.8 Å². The SMILES string of the molecule is Cc1ccc(-c2ccc(Cl)nc2)cc1C. The van der Waals surface area contributed by atoms with Crippen molar-refractivity contribution in [2.45, 2.75) is 13.8 Å². The first-order valence-electron chi connectivity index (χ1n) is 4.86. The maximum Gasteiger partial charge on any atom is 0.129 e. The average Bonchev–Trinajstić information content (AvgIpc) is 2.23. The van der Waals surface area contributed by atoms with Gasteiger partial charge in [0.15, 0.2) is 0 Å². The number of aryl methyl sites for hydroxylation is 2. The Labute approximate surface area is 94.7 Å². The molecule has 2 aromatic rings. The molecule has 0 amide bonds. The van der Waals surface area contributed by atoms with Crippen LogP contribution in [0.2, 0.25) is 5.15 Å². The number of rotatable bonds is 1. The van der Waals surface area contributed by atoms with E-state index in [0.29, 0.717) is 5.15 Å². The molecule has 15 heavy (non-hydrogen) atoms. The summed E-state index contributed by atoms with van der Waals surface area (Å²) in [6, 6.07) is 10.2. The molecule has 0 N–H and O–H groups in total. The highest BCUT2D eigenvalue weighted by atomic mass is 35.5. The molecule has 0 fully saturated rings. The van der Waals surface area contributed by atoms with Crippen LogP contribution >= 0.6 is 11.6 Å². The van der Waals surface area contributed by atoms with Crippen molar-refractivity contribution in [2.24, 2.45) is 0 Å². The van der Waals surface area contributed by atoms with Crippen LogP contribution in [0, 0.1) is 13.8 Å². The molecule has 0 bridgehead atoms. The quantitative estimate of drug-likeness (QED) is 0.658. The maximum absolute atomic E-state index is 5.74. The maximum atomic E-state index is 5.74. The van der Waals surface area contributed by atoms with Gasteiger partial charge in [0.1, 0.15) is 5.15 Å². The molecule has 0 spiro atoms. The largest absolute Gasteiger partial charge is 0.244 e. The van der Waals surface area contributed by atoms with Crippen LogP contribution in [0.3, 0.4) is 0 Å². The fourth-order valence-electron chi connectivity index (χ4n) is 1.47. The summed E-state index contributed by atoms with van der Waals surface area (Å²) < 4.78 is 0. The zero-order valence-electron chi connectivity index (χ0n) is 8.79. The molecule has 0 aliphatic carbocycles. The van der Waals surface area contributed by atoms with E-state index >= 15 is 0 Å². The van der Waals surface area contributed by atoms with E-state index in [1.54, 1.807) is 6.20 Å². The minimum atomic E-state index is 0.530. The first-order valence-corrected chi connectivity index (χ1v) is 5.24. The Bertz CT molecular complexity index is 474. The van der Waals surface area contributed by atoms with Gasteiger partial charge >= 0.3 is 0 Å². The predicted octanol–water partition coefficient (Wildman–Crippen LogP) is 4.02. The van der Waals surface area contributed by atoms with Crippen molar-refractivity contribution < 1.29 is 0 Å². The van der Waals surface area contributed by atoms with Crippen molar-refractivity contribution in [2.75, 3.05) is 0 Å². The van der Waals surface area contributed by atoms with Gasteiger partial charge in [-0.2, -0.15) is 0 Å². The van der Waals surface area contributed by atoms with Gasteiger partial charge in [-0.15, -0.1) is 0 Å². The molecule has 1 aromatic carbocycles. The van der Waals surface area contributed by atoms with E-state index in [1.165, 1.54) is 16.7 Å². The molecule has 0 atom stereocenters. The molecule has 0 saturated heterocycles. The molecule has 76 valence electrons. The molecular formula is C13H12ClN. The Morgan fingerprint density at radius 3 is 2.27 bits per heavy atom. The van der Waals surface area contributed by atoms with Crippen molar-refractivity contribution in [1.82, 2.24) is 4.98 Å². The lowest BCUT2D eigenvalue weighted by molar-refractivity contribution is 1.31. The lowest BCUT2D eigenvalue weighted by Gasteiger charge is -2.04. The molecule has 0 unspecified atom stereocenters. The third-order valence-corrected chi connectivity index (χ3v) is 2.79. The molecule has 2 rings (SSSR count). The third-order valence-electron chi connectivity index (χ3n) is 2.57. The summed E-state index contributed by atoms with van der Waals surface area (Å²) in [6.07, 6.45) is 1.80. The summed E-state index contributed by atoms with van der Waals surface area (Å²) in [7, 11) is 0. The molecular weight excluding hydrogens is 206 g/mol. The molecule has 1 aromatic heterocycles. The van der Waals surface area contributed by atoms with Crippen LogP contribution in [0.15, 0.2) is 36.5 Å². The lowest BCUT2D eigenvalue weighted by atomic mass is 10.0. The summed E-state index contributed by atoms with van der Waals surface area (Å²) in [4.78, 5) is 4.07. The summed E-state index contributed by atoms with van der Waals surface area (Å²) in [5, 5.41) is 0.530. The molecule has 0 aliphatic rings. The van der Waals surface area contributed by atoms with E-state index in [4.69, 9.17) is 11.6 Å². The van der Waals surface area contributed by atoms with Crippen LogP contribution < -0.4 is 0 Å². The van der Waals surface area contributed by atoms with E-state index in [0.717, 1.165) is 5.56 Å². The first kappa shape index (κ1) is 10.2. The van der Waals surface area contributed by atoms with Gasteiger partial charge < -0.3 is 0 Å². The summed E-state index contributed by atoms with van der Waals surface area (Å²) in [5.41, 5.74) is 4.88. The van der Waals surface area contributed by atoms with Crippen molar-refractivity contribution in [1.29, 1.82) is 0 Å². The van der Waals surface area contributed by atoms with Gasteiger partial charge in [0.05, 0.1) is 0 Å². The number of hydrogen-bond acceptors (Lipinski definition) is 1. The minimum Gasteiger partial charge on any atom is -0.244 e. The predicted molar refractivity (Wildman–Crippen MR) is 64.2 cm³/mol. The van der Waals surface area contributed by atoms with Crippen LogP contribution in [0.4, 0.5) is 0 Å². The van der Waals surface area contributed by atoms with Gasteiger partial charge in [0.2, 0.25) is 0 Å². The van der Waals surface area contributed by atoms with Crippen LogP contribution in [0.1, 0.15) is 11.1 Å². The standard InChI is InChI=1S/C13H12ClN/c1-9-3-4-11(7-10(9)2)12-5-6-13(14)15-8-12/h3-8H,1-2H3. The second-order valence-electron chi connectivity index (χ2n) is 3.67. The fraction of sp³-hybridized carbons (Fsp3) is 0.154. The third kappa shape index (κ3) is 2.18. The number of halogens is 1. The minimum absolute atomic E-state index is 0.530. The van der Waals surface area contributed by atoms with Crippen LogP contribution in [-0.2, 0) is 0 Å². The molecule has 0 aliphatic heterocycles. The number of pyridine rings is 1. The van der Waals surface area contributed by atoms with E-state index in [2.05, 4.69) is 37.0 Å². The highest BCUT2D eigenvalue weighted by molar-refractivity contribution is 6.29. The molecule has 0 radical (unpaired) electrons. The molecule has 0 saturated carbocycles. The van der Waals surface area contributed by atoms with E-state index in [-0.39, 0.29) is 0 Å². The van der Waals surface area contributed by atoms with Crippen LogP contribution in [0.25, 0.3) is 11.1 Å². The van der Waals surface area contributed by atoms with Gasteiger partial charge in [0.25, 0.3) is 0 Å². The van der Waals surface area contributed by atoms with Crippen molar-refractivity contribution in [3.05, 3.63) is 52.8 Å². The highest BCUT2D eigenvalue weighted by Crippen LogP contribution is 2.22. The zero-order chi connectivity index (χ0) is 10.8. The van der Waals surface area contributed by atoms with E-state index < -0.39 is 0 Å². The summed E-state index contributed by atoms with van der Waals surface area (Å²) in [5.74, 6) is 0. The number of hydrogen-bond donors (Lipinski definition) is 0. The Morgan fingerprint density at radius 1 is 0.933 bits per heavy atom. The topological polar surface area (TPSA) is 12.9 Å². The summed E-state index contributed by atoms with van der Waals surface area (Å²) in [6.45, 7) is 4.22. The molecule has 2 heteroatoms. The molecule has 1 nitrogen and oxygen atoms in total. The first-order chi connectivity index (χ1) is 7.16. The Kier molecular flexibility index (Phi) is 2.74. The highest BCUT2D eigenvalue weighted by Gasteiger charge is 2.00. The second kappa shape index (κ2) is 4.03. The van der Waals surface area contributed by atoms with Crippen molar-refractivity contribution in [3.63, 3.8) is 0 Å². The smallest absolute Gasteiger partial charge is 0.129 e. The van der Waals surface area contributed by atoms with Crippen LogP contribution in [0.5, 0.6) is 0 Å².